The molecule has 0 saturated carbocycles. The predicted octanol–water partition coefficient (Wildman–Crippen LogP) is -0.800. The van der Waals surface area contributed by atoms with Gasteiger partial charge in [-0.3, -0.25) is 9.59 Å². The Morgan fingerprint density at radius 3 is 2.86 bits per heavy atom. The molecule has 2 amide bonds. The first-order valence-electron chi connectivity index (χ1n) is 4.86. The number of nitrogens with zero attached hydrogens (tertiary/aromatic N) is 1. The average Bonchev–Trinajstić information content (AvgIpc) is 2.11. The van der Waals surface area contributed by atoms with E-state index in [4.69, 9.17) is 11.5 Å². The Morgan fingerprint density at radius 1 is 1.71 bits per heavy atom. The summed E-state index contributed by atoms with van der Waals surface area (Å²) in [6.45, 7) is 2.21. The highest BCUT2D eigenvalue weighted by Gasteiger charge is 2.27. The van der Waals surface area contributed by atoms with Gasteiger partial charge in [0.2, 0.25) is 11.8 Å². The molecule has 1 saturated heterocycles. The van der Waals surface area contributed by atoms with Crippen molar-refractivity contribution in [3.8, 4) is 0 Å². The van der Waals surface area contributed by atoms with Crippen LogP contribution in [0, 0.1) is 0 Å². The number of carbonyl (C=O) groups is 2. The third-order valence-electron chi connectivity index (χ3n) is 2.62. The van der Waals surface area contributed by atoms with Gasteiger partial charge in [-0.15, -0.1) is 0 Å². The normalized spacial score (nSPS) is 24.9. The van der Waals surface area contributed by atoms with Gasteiger partial charge in [0.1, 0.15) is 6.04 Å². The summed E-state index contributed by atoms with van der Waals surface area (Å²) in [4.78, 5) is 23.9. The lowest BCUT2D eigenvalue weighted by Crippen LogP contribution is -2.52. The zero-order valence-electron chi connectivity index (χ0n) is 8.40. The summed E-state index contributed by atoms with van der Waals surface area (Å²) in [5.74, 6) is -0.490. The molecule has 0 aromatic carbocycles. The fraction of sp³-hybridized carbons (Fsp3) is 0.778. The van der Waals surface area contributed by atoms with Crippen LogP contribution in [-0.2, 0) is 9.59 Å². The Bertz CT molecular complexity index is 242. The SMILES string of the molecule is CC1CCCC(=O)N1CC(N)C(N)=O. The van der Waals surface area contributed by atoms with Crippen molar-refractivity contribution in [1.29, 1.82) is 0 Å². The molecule has 5 heteroatoms. The van der Waals surface area contributed by atoms with Crippen LogP contribution in [0.5, 0.6) is 0 Å². The van der Waals surface area contributed by atoms with Crippen molar-refractivity contribution >= 4 is 11.8 Å². The molecule has 0 aromatic heterocycles. The second-order valence-corrected chi connectivity index (χ2v) is 3.80. The number of nitrogens with two attached hydrogens (primary N) is 2. The van der Waals surface area contributed by atoms with Crippen LogP contribution in [0.3, 0.4) is 0 Å². The van der Waals surface area contributed by atoms with Gasteiger partial charge in [0, 0.05) is 19.0 Å². The molecular formula is C9H17N3O2. The fourth-order valence-electron chi connectivity index (χ4n) is 1.68. The molecule has 1 rings (SSSR count). The van der Waals surface area contributed by atoms with E-state index >= 15 is 0 Å². The van der Waals surface area contributed by atoms with Gasteiger partial charge in [-0.05, 0) is 19.8 Å². The number of carbonyl (C=O) groups excluding carboxylic acids is 2. The first kappa shape index (κ1) is 11.0. The molecule has 5 nitrogen and oxygen atoms in total. The minimum Gasteiger partial charge on any atom is -0.368 e. The number of amides is 2. The van der Waals surface area contributed by atoms with Crippen molar-refractivity contribution in [2.24, 2.45) is 11.5 Å². The highest BCUT2D eigenvalue weighted by atomic mass is 16.2. The third-order valence-corrected chi connectivity index (χ3v) is 2.62. The largest absolute Gasteiger partial charge is 0.368 e. The summed E-state index contributed by atoms with van der Waals surface area (Å²) in [5, 5.41) is 0. The average molecular weight is 199 g/mol. The van der Waals surface area contributed by atoms with E-state index in [1.54, 1.807) is 4.90 Å². The van der Waals surface area contributed by atoms with Crippen molar-refractivity contribution in [3.05, 3.63) is 0 Å². The molecule has 0 radical (unpaired) electrons. The second kappa shape index (κ2) is 4.41. The van der Waals surface area contributed by atoms with Crippen LogP contribution >= 0.6 is 0 Å². The first-order valence-corrected chi connectivity index (χ1v) is 4.86. The van der Waals surface area contributed by atoms with Crippen LogP contribution < -0.4 is 11.5 Å². The maximum absolute atomic E-state index is 11.5. The monoisotopic (exact) mass is 199 g/mol. The smallest absolute Gasteiger partial charge is 0.236 e. The van der Waals surface area contributed by atoms with Gasteiger partial charge in [0.15, 0.2) is 0 Å². The quantitative estimate of drug-likeness (QED) is 0.623. The predicted molar refractivity (Wildman–Crippen MR) is 52.2 cm³/mol. The van der Waals surface area contributed by atoms with Crippen molar-refractivity contribution in [2.75, 3.05) is 6.54 Å². The lowest BCUT2D eigenvalue weighted by molar-refractivity contribution is -0.136. The Hall–Kier alpha value is -1.10. The van der Waals surface area contributed by atoms with Crippen LogP contribution in [0.1, 0.15) is 26.2 Å². The lowest BCUT2D eigenvalue weighted by Gasteiger charge is -2.34. The molecule has 1 aliphatic heterocycles. The summed E-state index contributed by atoms with van der Waals surface area (Å²) in [6.07, 6.45) is 2.44. The lowest BCUT2D eigenvalue weighted by atomic mass is 10.0. The van der Waals surface area contributed by atoms with Gasteiger partial charge in [-0.1, -0.05) is 0 Å². The van der Waals surface area contributed by atoms with Crippen LogP contribution in [0.25, 0.3) is 0 Å². The summed E-state index contributed by atoms with van der Waals surface area (Å²) in [6, 6.07) is -0.582. The van der Waals surface area contributed by atoms with Gasteiger partial charge >= 0.3 is 0 Å². The number of rotatable bonds is 3. The highest BCUT2D eigenvalue weighted by Crippen LogP contribution is 2.17. The molecule has 2 atom stereocenters. The molecule has 1 aliphatic rings. The number of hydrogen-bond donors (Lipinski definition) is 2. The summed E-state index contributed by atoms with van der Waals surface area (Å²) in [7, 11) is 0. The maximum Gasteiger partial charge on any atom is 0.236 e. The van der Waals surface area contributed by atoms with Crippen molar-refractivity contribution < 1.29 is 9.59 Å². The minimum atomic E-state index is -0.750. The molecule has 0 aliphatic carbocycles. The van der Waals surface area contributed by atoms with Gasteiger partial charge in [-0.25, -0.2) is 0 Å². The van der Waals surface area contributed by atoms with E-state index < -0.39 is 11.9 Å². The number of piperidine rings is 1. The molecule has 0 spiro atoms. The topological polar surface area (TPSA) is 89.4 Å². The minimum absolute atomic E-state index is 0.0699. The summed E-state index contributed by atoms with van der Waals surface area (Å²) < 4.78 is 0. The van der Waals surface area contributed by atoms with Crippen LogP contribution in [0.15, 0.2) is 0 Å². The summed E-state index contributed by atoms with van der Waals surface area (Å²) in [5.41, 5.74) is 10.5. The molecule has 0 bridgehead atoms. The van der Waals surface area contributed by atoms with Crippen LogP contribution in [0.4, 0.5) is 0 Å². The number of hydrogen-bond acceptors (Lipinski definition) is 3. The van der Waals surface area contributed by atoms with E-state index in [0.29, 0.717) is 6.42 Å². The molecular weight excluding hydrogens is 182 g/mol. The fourth-order valence-corrected chi connectivity index (χ4v) is 1.68. The first-order chi connectivity index (χ1) is 6.52. The van der Waals surface area contributed by atoms with E-state index in [1.165, 1.54) is 0 Å². The van der Waals surface area contributed by atoms with E-state index in [1.807, 2.05) is 6.92 Å². The van der Waals surface area contributed by atoms with Gasteiger partial charge < -0.3 is 16.4 Å². The van der Waals surface area contributed by atoms with Crippen molar-refractivity contribution in [2.45, 2.75) is 38.3 Å². The zero-order valence-corrected chi connectivity index (χ0v) is 8.40. The molecule has 1 heterocycles. The Labute approximate surface area is 83.4 Å². The number of likely N-dealkylation sites (tertiary alicyclic amines) is 1. The van der Waals surface area contributed by atoms with E-state index in [0.717, 1.165) is 12.8 Å². The van der Waals surface area contributed by atoms with Crippen LogP contribution in [-0.4, -0.2) is 35.3 Å². The second-order valence-electron chi connectivity index (χ2n) is 3.80. The van der Waals surface area contributed by atoms with E-state index in [2.05, 4.69) is 0 Å². The zero-order chi connectivity index (χ0) is 10.7. The van der Waals surface area contributed by atoms with Crippen molar-refractivity contribution in [1.82, 2.24) is 4.90 Å². The standard InChI is InChI=1S/C9H17N3O2/c1-6-3-2-4-8(13)12(6)5-7(10)9(11)14/h6-7H,2-5,10H2,1H3,(H2,11,14). The highest BCUT2D eigenvalue weighted by molar-refractivity contribution is 5.82. The molecule has 4 N–H and O–H groups in total. The van der Waals surface area contributed by atoms with Crippen LogP contribution in [0.2, 0.25) is 0 Å². The number of primary amides is 1. The van der Waals surface area contributed by atoms with Crippen molar-refractivity contribution in [3.63, 3.8) is 0 Å². The molecule has 1 fully saturated rings. The molecule has 14 heavy (non-hydrogen) atoms. The third kappa shape index (κ3) is 2.45. The Kier molecular flexibility index (Phi) is 3.46. The van der Waals surface area contributed by atoms with Gasteiger partial charge in [0.25, 0.3) is 0 Å². The molecule has 0 aromatic rings. The Balaban J connectivity index is 2.56. The maximum atomic E-state index is 11.5. The van der Waals surface area contributed by atoms with Gasteiger partial charge in [-0.2, -0.15) is 0 Å². The van der Waals surface area contributed by atoms with E-state index in [-0.39, 0.29) is 18.5 Å². The van der Waals surface area contributed by atoms with Gasteiger partial charge in [0.05, 0.1) is 0 Å². The summed E-state index contributed by atoms with van der Waals surface area (Å²) >= 11 is 0. The van der Waals surface area contributed by atoms with E-state index in [9.17, 15) is 9.59 Å². The Morgan fingerprint density at radius 2 is 2.36 bits per heavy atom. The molecule has 2 unspecified atom stereocenters. The molecule has 80 valence electrons.